The number of halogens is 4. The average Bonchev–Trinajstić information content (AvgIpc) is 4.09. The number of aryl methyl sites for hydroxylation is 1. The van der Waals surface area contributed by atoms with E-state index in [-0.39, 0.29) is 53.5 Å². The quantitative estimate of drug-likeness (QED) is 0.221. The number of aromatic nitrogens is 1. The van der Waals surface area contributed by atoms with E-state index in [4.69, 9.17) is 18.9 Å². The molecule has 63 heavy (non-hydrogen) atoms. The Morgan fingerprint density at radius 2 is 1.89 bits per heavy atom. The molecule has 1 aromatic carbocycles. The first-order chi connectivity index (χ1) is 29.5. The van der Waals surface area contributed by atoms with Gasteiger partial charge in [0.2, 0.25) is 33.6 Å². The van der Waals surface area contributed by atoms with E-state index in [1.807, 2.05) is 0 Å². The zero-order valence-corrected chi connectivity index (χ0v) is 36.7. The average molecular weight is 912 g/mol. The Kier molecular flexibility index (Phi) is 12.1. The number of allylic oxidation sites excluding steroid dienone is 1. The van der Waals surface area contributed by atoms with E-state index in [2.05, 4.69) is 15.0 Å². The summed E-state index contributed by atoms with van der Waals surface area (Å²) in [6.07, 6.45) is -5.40. The monoisotopic (exact) mass is 911 g/mol. The van der Waals surface area contributed by atoms with Crippen LogP contribution in [0.25, 0.3) is 10.8 Å². The first-order valence-corrected chi connectivity index (χ1v) is 22.6. The number of fused-ring (bicyclic) bond motifs is 5. The maximum atomic E-state index is 15.3. The number of ether oxygens (including phenoxy) is 4. The number of alkyl halides is 3. The summed E-state index contributed by atoms with van der Waals surface area (Å²) in [5, 5.41) is 13.9. The molecule has 2 saturated carbocycles. The van der Waals surface area contributed by atoms with Crippen molar-refractivity contribution in [1.29, 1.82) is 0 Å². The highest BCUT2D eigenvalue weighted by molar-refractivity contribution is 7.91. The third-order valence-electron chi connectivity index (χ3n) is 13.1. The van der Waals surface area contributed by atoms with Crippen molar-refractivity contribution >= 4 is 44.6 Å². The summed E-state index contributed by atoms with van der Waals surface area (Å²) in [7, 11) is -2.88. The lowest BCUT2D eigenvalue weighted by Crippen LogP contribution is -2.68. The zero-order chi connectivity index (χ0) is 46.0. The van der Waals surface area contributed by atoms with Crippen LogP contribution in [0.15, 0.2) is 24.3 Å². The fraction of sp³-hybridized carbons (Fsp3) is 0.643. The Bertz CT molecular complexity index is 2320. The van der Waals surface area contributed by atoms with E-state index in [0.29, 0.717) is 63.5 Å². The summed E-state index contributed by atoms with van der Waals surface area (Å²) in [6, 6.07) is -1.18. The van der Waals surface area contributed by atoms with Crippen LogP contribution in [-0.2, 0) is 35.6 Å². The molecule has 346 valence electrons. The molecule has 16 nitrogen and oxygen atoms in total. The van der Waals surface area contributed by atoms with Gasteiger partial charge in [0, 0.05) is 23.3 Å². The molecule has 3 fully saturated rings. The van der Waals surface area contributed by atoms with Crippen LogP contribution < -0.4 is 24.2 Å². The van der Waals surface area contributed by atoms with E-state index in [9.17, 15) is 41.1 Å². The number of hydrogen-bond donors (Lipinski definition) is 3. The van der Waals surface area contributed by atoms with Gasteiger partial charge in [-0.15, -0.1) is 0 Å². The molecule has 7 rings (SSSR count). The first kappa shape index (κ1) is 46.1. The first-order valence-electron chi connectivity index (χ1n) is 21.1. The fourth-order valence-corrected chi connectivity index (χ4v) is 10.1. The van der Waals surface area contributed by atoms with Crippen LogP contribution in [0, 0.1) is 11.7 Å². The molecule has 0 unspecified atom stereocenters. The van der Waals surface area contributed by atoms with Crippen molar-refractivity contribution in [1.82, 2.24) is 24.8 Å². The number of carbonyl (C=O) groups is 4. The number of nitrogens with zero attached hydrogens (tertiary/aromatic N) is 3. The van der Waals surface area contributed by atoms with Gasteiger partial charge in [-0.3, -0.25) is 24.0 Å². The Hall–Kier alpha value is -4.92. The number of carbonyl (C=O) groups excluding carboxylic acids is 3. The number of benzene rings is 1. The number of nitrogens with one attached hydrogen (secondary N) is 2. The molecule has 5 aliphatic rings. The van der Waals surface area contributed by atoms with E-state index in [1.54, 1.807) is 19.1 Å². The van der Waals surface area contributed by atoms with Gasteiger partial charge in [-0.1, -0.05) is 19.1 Å². The lowest BCUT2D eigenvalue weighted by atomic mass is 9.95. The predicted molar refractivity (Wildman–Crippen MR) is 217 cm³/mol. The topological polar surface area (TPSA) is 203 Å². The molecular weight excluding hydrogens is 859 g/mol. The predicted octanol–water partition coefficient (Wildman–Crippen LogP) is 5.15. The molecule has 0 radical (unpaired) electrons. The van der Waals surface area contributed by atoms with E-state index in [1.165, 1.54) is 27.0 Å². The van der Waals surface area contributed by atoms with E-state index in [0.717, 1.165) is 11.0 Å². The Balaban J connectivity index is 1.33. The summed E-state index contributed by atoms with van der Waals surface area (Å²) >= 11 is 0. The molecule has 3 aliphatic heterocycles. The second kappa shape index (κ2) is 16.6. The molecule has 4 amide bonds. The van der Waals surface area contributed by atoms with Crippen LogP contribution in [-0.4, -0.2) is 125 Å². The molecular formula is C42H53F4N5O11S. The number of amides is 4. The number of carboxylic acid groups (broad SMARTS) is 1. The third-order valence-corrected chi connectivity index (χ3v) is 15.3. The van der Waals surface area contributed by atoms with Gasteiger partial charge in [0.1, 0.15) is 29.3 Å². The SMILES string of the molecule is CC[C@@H]1O[C@H](C)CC/C=C\[C@@H]2C[C@@]2(C(=O)NS(=O)(=O)C2(C)CC2)NC(=O)[C@@H]2C[C@@H](Oc3nc4c(c5cc(OC)c(F)cc35)CCCO4)CN2C(=O)[C@H]1N(C(=O)O)C(C)(C)C(F)(F)F. The number of pyridine rings is 1. The highest BCUT2D eigenvalue weighted by atomic mass is 32.2. The lowest BCUT2D eigenvalue weighted by molar-refractivity contribution is -0.226. The summed E-state index contributed by atoms with van der Waals surface area (Å²) < 4.78 is 111. The van der Waals surface area contributed by atoms with Crippen LogP contribution in [0.5, 0.6) is 17.5 Å². The van der Waals surface area contributed by atoms with Gasteiger partial charge in [-0.25, -0.2) is 17.6 Å². The number of sulfonamides is 1. The van der Waals surface area contributed by atoms with Crippen molar-refractivity contribution in [2.75, 3.05) is 20.3 Å². The molecule has 1 aromatic heterocycles. The maximum Gasteiger partial charge on any atom is 0.411 e. The highest BCUT2D eigenvalue weighted by Gasteiger charge is 2.64. The molecule has 3 N–H and O–H groups in total. The van der Waals surface area contributed by atoms with Gasteiger partial charge in [-0.2, -0.15) is 18.2 Å². The second-order valence-corrected chi connectivity index (χ2v) is 20.1. The molecule has 0 spiro atoms. The minimum atomic E-state index is -5.19. The Morgan fingerprint density at radius 3 is 2.52 bits per heavy atom. The maximum absolute atomic E-state index is 15.3. The van der Waals surface area contributed by atoms with Crippen molar-refractivity contribution < 1.29 is 69.2 Å². The van der Waals surface area contributed by atoms with Crippen LogP contribution in [0.3, 0.4) is 0 Å². The van der Waals surface area contributed by atoms with Crippen LogP contribution in [0.2, 0.25) is 0 Å². The van der Waals surface area contributed by atoms with E-state index >= 15 is 9.18 Å². The van der Waals surface area contributed by atoms with Crippen molar-refractivity contribution in [3.63, 3.8) is 0 Å². The molecule has 21 heteroatoms. The molecule has 4 heterocycles. The van der Waals surface area contributed by atoms with Gasteiger partial charge in [0.25, 0.3) is 5.91 Å². The summed E-state index contributed by atoms with van der Waals surface area (Å²) in [5.41, 5.74) is -4.31. The van der Waals surface area contributed by atoms with E-state index < -0.39 is 105 Å². The van der Waals surface area contributed by atoms with Crippen LogP contribution in [0.4, 0.5) is 22.4 Å². The lowest BCUT2D eigenvalue weighted by Gasteiger charge is -2.45. The van der Waals surface area contributed by atoms with Gasteiger partial charge in [0.05, 0.1) is 37.2 Å². The van der Waals surface area contributed by atoms with Gasteiger partial charge >= 0.3 is 12.3 Å². The summed E-state index contributed by atoms with van der Waals surface area (Å²) in [6.45, 7) is 5.69. The smallest absolute Gasteiger partial charge is 0.411 e. The minimum Gasteiger partial charge on any atom is -0.494 e. The number of methoxy groups -OCH3 is 1. The van der Waals surface area contributed by atoms with Crippen LogP contribution >= 0.6 is 0 Å². The van der Waals surface area contributed by atoms with Gasteiger partial charge in [0.15, 0.2) is 11.6 Å². The second-order valence-electron chi connectivity index (χ2n) is 17.9. The standard InChI is InChI=1S/C42H53F4N5O11S/c1-7-30-32(51(38(55)56)39(3,4)42(44,45)46)36(53)50-21-24(62-35-27-18-28(43)31(59-6)19-26(27)25-13-10-16-60-34(25)47-35)17-29(50)33(52)48-41(20-23(41)12-9-8-11-22(2)61-30)37(54)49-63(57,58)40(5)14-15-40/h9,12,18-19,22-24,29-30,32H,7-8,10-11,13-17,20-21H2,1-6H3,(H,48,52)(H,49,54)(H,55,56)/b12-9-/t22-,23-,24-,29+,30+,32+,41-/m1/s1. The molecule has 7 atom stereocenters. The zero-order valence-electron chi connectivity index (χ0n) is 35.8. The molecule has 2 aromatic rings. The van der Waals surface area contributed by atoms with Crippen molar-refractivity contribution in [3.8, 4) is 17.5 Å². The van der Waals surface area contributed by atoms with Gasteiger partial charge in [-0.05, 0) is 96.6 Å². The summed E-state index contributed by atoms with van der Waals surface area (Å²) in [5.74, 6) is -4.66. The number of rotatable bonds is 9. The highest BCUT2D eigenvalue weighted by Crippen LogP contribution is 2.48. The Labute approximate surface area is 362 Å². The number of hydrogen-bond acceptors (Lipinski definition) is 11. The Morgan fingerprint density at radius 1 is 1.17 bits per heavy atom. The molecule has 0 bridgehead atoms. The molecule has 1 saturated heterocycles. The normalized spacial score (nSPS) is 29.1. The fourth-order valence-electron chi connectivity index (χ4n) is 8.74. The van der Waals surface area contributed by atoms with Crippen molar-refractivity contribution in [3.05, 3.63) is 35.7 Å². The van der Waals surface area contributed by atoms with Gasteiger partial charge < -0.3 is 34.3 Å². The van der Waals surface area contributed by atoms with Crippen LogP contribution in [0.1, 0.15) is 91.5 Å². The molecule has 2 aliphatic carbocycles. The van der Waals surface area contributed by atoms with Crippen molar-refractivity contribution in [2.45, 2.75) is 145 Å². The largest absolute Gasteiger partial charge is 0.494 e. The van der Waals surface area contributed by atoms with Crippen molar-refractivity contribution in [2.24, 2.45) is 5.92 Å². The summed E-state index contributed by atoms with van der Waals surface area (Å²) in [4.78, 5) is 62.5. The third kappa shape index (κ3) is 8.46. The minimum absolute atomic E-state index is 0.0125.